The van der Waals surface area contributed by atoms with Gasteiger partial charge in [0, 0.05) is 38.3 Å². The summed E-state index contributed by atoms with van der Waals surface area (Å²) in [6.45, 7) is 7.79. The van der Waals surface area contributed by atoms with Gasteiger partial charge in [0.2, 0.25) is 0 Å². The Kier molecular flexibility index (Phi) is 5.64. The predicted octanol–water partition coefficient (Wildman–Crippen LogP) is 0.570. The first-order valence-corrected chi connectivity index (χ1v) is 8.53. The lowest BCUT2D eigenvalue weighted by Crippen LogP contribution is -2.45. The van der Waals surface area contributed by atoms with Crippen molar-refractivity contribution in [3.8, 4) is 0 Å². The summed E-state index contributed by atoms with van der Waals surface area (Å²) in [4.78, 5) is 13.3. The van der Waals surface area contributed by atoms with Crippen LogP contribution in [-0.2, 0) is 4.74 Å². The molecule has 2 fully saturated rings. The van der Waals surface area contributed by atoms with Gasteiger partial charge in [0.05, 0.1) is 25.9 Å². The molecule has 128 valence electrons. The molecule has 0 unspecified atom stereocenters. The van der Waals surface area contributed by atoms with Crippen molar-refractivity contribution >= 4 is 11.6 Å². The van der Waals surface area contributed by atoms with E-state index < -0.39 is 0 Å². The van der Waals surface area contributed by atoms with Gasteiger partial charge in [0.1, 0.15) is 18.0 Å². The standard InChI is InChI=1S/C16H27N5O2/c1-13-11-23-8-7-20(13)6-4-17-15-9-16(19-12-18-15)21-5-2-3-14(21)10-22/h9,12-14,22H,2-8,10-11H2,1H3,(H,17,18,19)/t13-,14+/m0/s1. The Bertz CT molecular complexity index is 501. The zero-order valence-electron chi connectivity index (χ0n) is 13.8. The van der Waals surface area contributed by atoms with Crippen LogP contribution in [0.4, 0.5) is 11.6 Å². The molecule has 1 aromatic rings. The Morgan fingerprint density at radius 2 is 2.30 bits per heavy atom. The number of nitrogens with zero attached hydrogens (tertiary/aromatic N) is 4. The number of aliphatic hydroxyl groups excluding tert-OH is 1. The lowest BCUT2D eigenvalue weighted by Gasteiger charge is -2.33. The second kappa shape index (κ2) is 7.90. The molecule has 2 aliphatic rings. The molecule has 3 heterocycles. The lowest BCUT2D eigenvalue weighted by atomic mass is 10.2. The third kappa shape index (κ3) is 4.10. The Morgan fingerprint density at radius 3 is 3.13 bits per heavy atom. The number of hydrogen-bond donors (Lipinski definition) is 2. The van der Waals surface area contributed by atoms with E-state index in [1.807, 2.05) is 6.07 Å². The average Bonchev–Trinajstić information content (AvgIpc) is 3.06. The van der Waals surface area contributed by atoms with Gasteiger partial charge in [-0.1, -0.05) is 0 Å². The minimum atomic E-state index is 0.182. The molecule has 2 aliphatic heterocycles. The van der Waals surface area contributed by atoms with Crippen molar-refractivity contribution in [3.63, 3.8) is 0 Å². The topological polar surface area (TPSA) is 73.8 Å². The van der Waals surface area contributed by atoms with E-state index in [2.05, 4.69) is 32.0 Å². The predicted molar refractivity (Wildman–Crippen MR) is 89.8 cm³/mol. The molecular formula is C16H27N5O2. The highest BCUT2D eigenvalue weighted by atomic mass is 16.5. The number of nitrogens with one attached hydrogen (secondary N) is 1. The highest BCUT2D eigenvalue weighted by molar-refractivity contribution is 5.49. The van der Waals surface area contributed by atoms with Gasteiger partial charge in [-0.05, 0) is 19.8 Å². The van der Waals surface area contributed by atoms with E-state index in [1.165, 1.54) is 0 Å². The number of morpholine rings is 1. The van der Waals surface area contributed by atoms with Crippen molar-refractivity contribution < 1.29 is 9.84 Å². The van der Waals surface area contributed by atoms with Crippen molar-refractivity contribution in [2.45, 2.75) is 31.8 Å². The van der Waals surface area contributed by atoms with Gasteiger partial charge in [0.15, 0.2) is 0 Å². The summed E-state index contributed by atoms with van der Waals surface area (Å²) in [5.41, 5.74) is 0. The second-order valence-electron chi connectivity index (χ2n) is 6.32. The van der Waals surface area contributed by atoms with Crippen LogP contribution in [0.5, 0.6) is 0 Å². The molecule has 0 saturated carbocycles. The average molecular weight is 321 g/mol. The van der Waals surface area contributed by atoms with Crippen LogP contribution in [0.3, 0.4) is 0 Å². The molecule has 2 saturated heterocycles. The van der Waals surface area contributed by atoms with Crippen LogP contribution in [0.1, 0.15) is 19.8 Å². The van der Waals surface area contributed by atoms with E-state index in [1.54, 1.807) is 6.33 Å². The van der Waals surface area contributed by atoms with Gasteiger partial charge >= 0.3 is 0 Å². The van der Waals surface area contributed by atoms with Gasteiger partial charge in [-0.25, -0.2) is 9.97 Å². The van der Waals surface area contributed by atoms with Gasteiger partial charge in [-0.15, -0.1) is 0 Å². The largest absolute Gasteiger partial charge is 0.394 e. The number of aliphatic hydroxyl groups is 1. The highest BCUT2D eigenvalue weighted by Crippen LogP contribution is 2.24. The lowest BCUT2D eigenvalue weighted by molar-refractivity contribution is 0.00181. The molecular weight excluding hydrogens is 294 g/mol. The summed E-state index contributed by atoms with van der Waals surface area (Å²) in [6.07, 6.45) is 3.73. The molecule has 0 amide bonds. The second-order valence-corrected chi connectivity index (χ2v) is 6.32. The summed E-state index contributed by atoms with van der Waals surface area (Å²) in [7, 11) is 0. The molecule has 0 bridgehead atoms. The van der Waals surface area contributed by atoms with E-state index in [4.69, 9.17) is 4.74 Å². The number of anilines is 2. The van der Waals surface area contributed by atoms with Crippen molar-refractivity contribution in [2.75, 3.05) is 56.2 Å². The van der Waals surface area contributed by atoms with Crippen LogP contribution in [-0.4, -0.2) is 78.1 Å². The first-order chi connectivity index (χ1) is 11.3. The summed E-state index contributed by atoms with van der Waals surface area (Å²) in [5, 5.41) is 12.8. The van der Waals surface area contributed by atoms with E-state index in [0.717, 1.165) is 63.9 Å². The molecule has 0 radical (unpaired) electrons. The van der Waals surface area contributed by atoms with Crippen LogP contribution < -0.4 is 10.2 Å². The third-order valence-corrected chi connectivity index (χ3v) is 4.75. The molecule has 3 rings (SSSR count). The maximum absolute atomic E-state index is 9.46. The van der Waals surface area contributed by atoms with Crippen LogP contribution in [0, 0.1) is 0 Å². The third-order valence-electron chi connectivity index (χ3n) is 4.75. The molecule has 7 heteroatoms. The van der Waals surface area contributed by atoms with Gasteiger partial charge in [-0.3, -0.25) is 4.90 Å². The molecule has 7 nitrogen and oxygen atoms in total. The number of aromatic nitrogens is 2. The van der Waals surface area contributed by atoms with Crippen LogP contribution in [0.2, 0.25) is 0 Å². The Morgan fingerprint density at radius 1 is 1.39 bits per heavy atom. The molecule has 2 atom stereocenters. The SMILES string of the molecule is C[C@H]1COCCN1CCNc1cc(N2CCC[C@@H]2CO)ncn1. The van der Waals surface area contributed by atoms with Crippen molar-refractivity contribution in [1.29, 1.82) is 0 Å². The van der Waals surface area contributed by atoms with Crippen molar-refractivity contribution in [2.24, 2.45) is 0 Å². The van der Waals surface area contributed by atoms with E-state index >= 15 is 0 Å². The molecule has 0 aliphatic carbocycles. The Balaban J connectivity index is 1.53. The maximum atomic E-state index is 9.46. The summed E-state index contributed by atoms with van der Waals surface area (Å²) in [6, 6.07) is 2.64. The zero-order chi connectivity index (χ0) is 16.1. The maximum Gasteiger partial charge on any atom is 0.134 e. The normalized spacial score (nSPS) is 25.7. The van der Waals surface area contributed by atoms with E-state index in [-0.39, 0.29) is 12.6 Å². The minimum Gasteiger partial charge on any atom is -0.394 e. The fraction of sp³-hybridized carbons (Fsp3) is 0.750. The molecule has 0 aromatic carbocycles. The van der Waals surface area contributed by atoms with Gasteiger partial charge in [0.25, 0.3) is 0 Å². The fourth-order valence-corrected chi connectivity index (χ4v) is 3.35. The highest BCUT2D eigenvalue weighted by Gasteiger charge is 2.25. The Hall–Kier alpha value is -1.44. The minimum absolute atomic E-state index is 0.182. The quantitative estimate of drug-likeness (QED) is 0.793. The summed E-state index contributed by atoms with van der Waals surface area (Å²) >= 11 is 0. The number of hydrogen-bond acceptors (Lipinski definition) is 7. The van der Waals surface area contributed by atoms with E-state index in [9.17, 15) is 5.11 Å². The Labute approximate surface area is 137 Å². The first-order valence-electron chi connectivity index (χ1n) is 8.53. The van der Waals surface area contributed by atoms with Gasteiger partial charge in [-0.2, -0.15) is 0 Å². The molecule has 1 aromatic heterocycles. The number of ether oxygens (including phenoxy) is 1. The monoisotopic (exact) mass is 321 g/mol. The molecule has 2 N–H and O–H groups in total. The zero-order valence-corrected chi connectivity index (χ0v) is 13.8. The smallest absolute Gasteiger partial charge is 0.134 e. The summed E-state index contributed by atoms with van der Waals surface area (Å²) < 4.78 is 5.46. The van der Waals surface area contributed by atoms with Crippen LogP contribution in [0.25, 0.3) is 0 Å². The summed E-state index contributed by atoms with van der Waals surface area (Å²) in [5.74, 6) is 1.75. The van der Waals surface area contributed by atoms with E-state index in [0.29, 0.717) is 6.04 Å². The van der Waals surface area contributed by atoms with Gasteiger partial charge < -0.3 is 20.1 Å². The number of rotatable bonds is 6. The molecule has 23 heavy (non-hydrogen) atoms. The molecule has 0 spiro atoms. The van der Waals surface area contributed by atoms with Crippen LogP contribution in [0.15, 0.2) is 12.4 Å². The van der Waals surface area contributed by atoms with Crippen molar-refractivity contribution in [1.82, 2.24) is 14.9 Å². The van der Waals surface area contributed by atoms with Crippen LogP contribution >= 0.6 is 0 Å². The first kappa shape index (κ1) is 16.4. The van der Waals surface area contributed by atoms with Crippen molar-refractivity contribution in [3.05, 3.63) is 12.4 Å². The fourth-order valence-electron chi connectivity index (χ4n) is 3.35.